The summed E-state index contributed by atoms with van der Waals surface area (Å²) in [5.74, 6) is 1.67. The number of amides is 1. The topological polar surface area (TPSA) is 52.8 Å². The third-order valence-corrected chi connectivity index (χ3v) is 7.76. The van der Waals surface area contributed by atoms with Crippen molar-refractivity contribution in [3.05, 3.63) is 0 Å². The summed E-state index contributed by atoms with van der Waals surface area (Å²) in [4.78, 5) is 20.3. The molecule has 0 aromatic heterocycles. The molecule has 0 spiro atoms. The second-order valence-corrected chi connectivity index (χ2v) is 9.12. The zero-order valence-corrected chi connectivity index (χ0v) is 18.5. The number of carbonyl (C=O) groups is 1. The van der Waals surface area contributed by atoms with Crippen molar-refractivity contribution in [3.63, 3.8) is 0 Å². The van der Waals surface area contributed by atoms with E-state index in [9.17, 15) is 4.79 Å². The highest BCUT2D eigenvalue weighted by molar-refractivity contribution is 5.85. The van der Waals surface area contributed by atoms with Crippen LogP contribution < -0.4 is 5.73 Å². The number of halogens is 2. The minimum atomic E-state index is 0. The lowest BCUT2D eigenvalue weighted by Crippen LogP contribution is -2.54. The number of rotatable bonds is 4. The van der Waals surface area contributed by atoms with Crippen LogP contribution in [0.2, 0.25) is 0 Å². The largest absolute Gasteiger partial charge is 0.340 e. The van der Waals surface area contributed by atoms with Crippen LogP contribution in [-0.2, 0) is 4.79 Å². The molecule has 0 radical (unpaired) electrons. The van der Waals surface area contributed by atoms with Gasteiger partial charge < -0.3 is 10.6 Å². The summed E-state index contributed by atoms with van der Waals surface area (Å²) in [6.07, 6.45) is 6.35. The highest BCUT2D eigenvalue weighted by Gasteiger charge is 2.50. The number of nitrogens with zero attached hydrogens (tertiary/aromatic N) is 3. The van der Waals surface area contributed by atoms with E-state index in [0.717, 1.165) is 44.8 Å². The van der Waals surface area contributed by atoms with Gasteiger partial charge in [0, 0.05) is 57.4 Å². The average molecular weight is 421 g/mol. The van der Waals surface area contributed by atoms with Gasteiger partial charge in [0.25, 0.3) is 0 Å². The molecule has 0 aromatic carbocycles. The highest BCUT2D eigenvalue weighted by Crippen LogP contribution is 2.48. The average Bonchev–Trinajstić information content (AvgIpc) is 3.29. The van der Waals surface area contributed by atoms with Crippen molar-refractivity contribution < 1.29 is 4.79 Å². The van der Waals surface area contributed by atoms with Crippen LogP contribution in [0, 0.1) is 17.8 Å². The summed E-state index contributed by atoms with van der Waals surface area (Å²) in [6.45, 7) is 10.9. The number of hydrogen-bond acceptors (Lipinski definition) is 4. The van der Waals surface area contributed by atoms with E-state index < -0.39 is 0 Å². The summed E-state index contributed by atoms with van der Waals surface area (Å²) in [5.41, 5.74) is 6.38. The third kappa shape index (κ3) is 4.58. The Morgan fingerprint density at radius 1 is 0.889 bits per heavy atom. The van der Waals surface area contributed by atoms with E-state index in [1.807, 2.05) is 0 Å². The van der Waals surface area contributed by atoms with E-state index in [1.165, 1.54) is 38.6 Å². The van der Waals surface area contributed by atoms with Crippen molar-refractivity contribution in [3.8, 4) is 0 Å². The van der Waals surface area contributed by atoms with E-state index in [4.69, 9.17) is 5.73 Å². The van der Waals surface area contributed by atoms with Crippen LogP contribution in [0.15, 0.2) is 0 Å². The van der Waals surface area contributed by atoms with Gasteiger partial charge >= 0.3 is 0 Å². The standard InChI is InChI=1S/C20H36N4O.2ClH/c1-14-3-4-15(2)24(14)12-9-22-7-10-23(11-8-22)20(25)18-16-5-6-17(13-16)19(18)21;;/h14-19H,3-13,21H2,1-2H3;2*1H. The molecular formula is C20H38Cl2N4O. The molecule has 5 nitrogen and oxygen atoms in total. The van der Waals surface area contributed by atoms with Crippen LogP contribution in [-0.4, -0.2) is 78.0 Å². The van der Waals surface area contributed by atoms with Gasteiger partial charge in [0.15, 0.2) is 0 Å². The first-order chi connectivity index (χ1) is 12.0. The molecule has 2 aliphatic heterocycles. The Labute approximate surface area is 177 Å². The molecule has 4 rings (SSSR count). The van der Waals surface area contributed by atoms with Gasteiger partial charge in [-0.1, -0.05) is 0 Å². The van der Waals surface area contributed by atoms with Gasteiger partial charge in [-0.2, -0.15) is 0 Å². The fraction of sp³-hybridized carbons (Fsp3) is 0.950. The number of carbonyl (C=O) groups excluding carboxylic acids is 1. The lowest BCUT2D eigenvalue weighted by Gasteiger charge is -2.39. The van der Waals surface area contributed by atoms with Crippen molar-refractivity contribution in [1.29, 1.82) is 0 Å². The maximum atomic E-state index is 13.0. The fourth-order valence-corrected chi connectivity index (χ4v) is 6.05. The number of hydrogen-bond donors (Lipinski definition) is 1. The zero-order valence-electron chi connectivity index (χ0n) is 16.9. The van der Waals surface area contributed by atoms with Gasteiger partial charge in [0.05, 0.1) is 5.92 Å². The first-order valence-corrected chi connectivity index (χ1v) is 10.6. The molecule has 7 heteroatoms. The van der Waals surface area contributed by atoms with Crippen LogP contribution in [0.25, 0.3) is 0 Å². The van der Waals surface area contributed by atoms with Gasteiger partial charge in [-0.25, -0.2) is 0 Å². The quantitative estimate of drug-likeness (QED) is 0.757. The predicted octanol–water partition coefficient (Wildman–Crippen LogP) is 2.22. The Hall–Kier alpha value is -0.0700. The van der Waals surface area contributed by atoms with Gasteiger partial charge in [-0.15, -0.1) is 24.8 Å². The second kappa shape index (κ2) is 9.62. The maximum absolute atomic E-state index is 13.0. The highest BCUT2D eigenvalue weighted by atomic mass is 35.5. The van der Waals surface area contributed by atoms with Gasteiger partial charge in [0.1, 0.15) is 0 Å². The molecular weight excluding hydrogens is 383 g/mol. The van der Waals surface area contributed by atoms with Crippen LogP contribution in [0.5, 0.6) is 0 Å². The Kier molecular flexibility index (Phi) is 8.27. The van der Waals surface area contributed by atoms with Crippen LogP contribution in [0.1, 0.15) is 46.0 Å². The normalized spacial score (nSPS) is 39.3. The number of likely N-dealkylation sites (tertiary alicyclic amines) is 1. The van der Waals surface area contributed by atoms with E-state index in [0.29, 0.717) is 17.7 Å². The smallest absolute Gasteiger partial charge is 0.227 e. The zero-order chi connectivity index (χ0) is 17.6. The Balaban J connectivity index is 0.00000131. The second-order valence-electron chi connectivity index (χ2n) is 9.12. The molecule has 2 N–H and O–H groups in total. The van der Waals surface area contributed by atoms with E-state index in [-0.39, 0.29) is 36.8 Å². The Morgan fingerprint density at radius 3 is 2.04 bits per heavy atom. The number of piperazine rings is 1. The van der Waals surface area contributed by atoms with Gasteiger partial charge in [-0.05, 0) is 57.8 Å². The SMILES string of the molecule is CC1CCC(C)N1CCN1CCN(C(=O)C2C3CCC(C3)C2N)CC1.Cl.Cl. The maximum Gasteiger partial charge on any atom is 0.227 e. The fourth-order valence-electron chi connectivity index (χ4n) is 6.05. The third-order valence-electron chi connectivity index (χ3n) is 7.76. The van der Waals surface area contributed by atoms with Crippen LogP contribution in [0.3, 0.4) is 0 Å². The summed E-state index contributed by atoms with van der Waals surface area (Å²) >= 11 is 0. The minimum absolute atomic E-state index is 0. The monoisotopic (exact) mass is 420 g/mol. The van der Waals surface area contributed by atoms with Crippen molar-refractivity contribution in [2.45, 2.75) is 64.1 Å². The molecule has 27 heavy (non-hydrogen) atoms. The van der Waals surface area contributed by atoms with Gasteiger partial charge in [-0.3, -0.25) is 14.6 Å². The minimum Gasteiger partial charge on any atom is -0.340 e. The molecule has 0 aromatic rings. The van der Waals surface area contributed by atoms with E-state index in [2.05, 4.69) is 28.5 Å². The predicted molar refractivity (Wildman–Crippen MR) is 115 cm³/mol. The molecule has 2 bridgehead atoms. The first-order valence-electron chi connectivity index (χ1n) is 10.6. The van der Waals surface area contributed by atoms with Crippen molar-refractivity contribution >= 4 is 30.7 Å². The van der Waals surface area contributed by atoms with Crippen molar-refractivity contribution in [2.75, 3.05) is 39.3 Å². The lowest BCUT2D eigenvalue weighted by molar-refractivity contribution is -0.139. The number of fused-ring (bicyclic) bond motifs is 2. The molecule has 2 aliphatic carbocycles. The molecule has 1 amide bonds. The first kappa shape index (κ1) is 23.2. The van der Waals surface area contributed by atoms with Crippen LogP contribution >= 0.6 is 24.8 Å². The Bertz CT molecular complexity index is 488. The molecule has 2 heterocycles. The summed E-state index contributed by atoms with van der Waals surface area (Å²) in [7, 11) is 0. The van der Waals surface area contributed by atoms with Crippen LogP contribution in [0.4, 0.5) is 0 Å². The molecule has 6 unspecified atom stereocenters. The number of nitrogens with two attached hydrogens (primary N) is 1. The van der Waals surface area contributed by atoms with E-state index in [1.54, 1.807) is 0 Å². The Morgan fingerprint density at radius 2 is 1.48 bits per heavy atom. The molecule has 2 saturated carbocycles. The van der Waals surface area contributed by atoms with Crippen molar-refractivity contribution in [2.24, 2.45) is 23.5 Å². The molecule has 158 valence electrons. The van der Waals surface area contributed by atoms with Crippen molar-refractivity contribution in [1.82, 2.24) is 14.7 Å². The molecule has 4 fully saturated rings. The summed E-state index contributed by atoms with van der Waals surface area (Å²) < 4.78 is 0. The molecule has 6 atom stereocenters. The van der Waals surface area contributed by atoms with Gasteiger partial charge in [0.2, 0.25) is 5.91 Å². The summed E-state index contributed by atoms with van der Waals surface area (Å²) in [5, 5.41) is 0. The lowest BCUT2D eigenvalue weighted by atomic mass is 9.84. The molecule has 2 saturated heterocycles. The molecule has 4 aliphatic rings. The van der Waals surface area contributed by atoms with E-state index >= 15 is 0 Å². The summed E-state index contributed by atoms with van der Waals surface area (Å²) in [6, 6.07) is 1.59.